The molecule has 1 saturated heterocycles. The van der Waals surface area contributed by atoms with E-state index in [1.807, 2.05) is 23.4 Å². The van der Waals surface area contributed by atoms with Crippen molar-refractivity contribution < 1.29 is 9.53 Å². The molecule has 0 bridgehead atoms. The van der Waals surface area contributed by atoms with E-state index < -0.39 is 0 Å². The molecule has 1 aromatic rings. The lowest BCUT2D eigenvalue weighted by molar-refractivity contribution is -0.140. The van der Waals surface area contributed by atoms with Gasteiger partial charge < -0.3 is 9.64 Å². The Bertz CT molecular complexity index is 480. The molecule has 0 radical (unpaired) electrons. The van der Waals surface area contributed by atoms with Crippen molar-refractivity contribution in [3.63, 3.8) is 0 Å². The van der Waals surface area contributed by atoms with Gasteiger partial charge in [-0.05, 0) is 37.1 Å². The van der Waals surface area contributed by atoms with Gasteiger partial charge in [0, 0.05) is 13.1 Å². The van der Waals surface area contributed by atoms with Gasteiger partial charge in [-0.2, -0.15) is 0 Å². The van der Waals surface area contributed by atoms with E-state index in [2.05, 4.69) is 15.5 Å². The molecule has 2 fully saturated rings. The van der Waals surface area contributed by atoms with Crippen molar-refractivity contribution >= 4 is 17.7 Å². The Morgan fingerprint density at radius 1 is 1.35 bits per heavy atom. The predicted molar refractivity (Wildman–Crippen MR) is 73.4 cm³/mol. The van der Waals surface area contributed by atoms with E-state index in [1.54, 1.807) is 0 Å². The lowest BCUT2D eigenvalue weighted by Gasteiger charge is -2.35. The highest BCUT2D eigenvalue weighted by Crippen LogP contribution is 2.36. The van der Waals surface area contributed by atoms with Crippen molar-refractivity contribution in [1.29, 1.82) is 0 Å². The number of hydrogen-bond donors (Lipinski definition) is 0. The Labute approximate surface area is 122 Å². The lowest BCUT2D eigenvalue weighted by Crippen LogP contribution is -2.48. The summed E-state index contributed by atoms with van der Waals surface area (Å²) >= 11 is 1.42. The van der Waals surface area contributed by atoms with Crippen LogP contribution >= 0.6 is 11.8 Å². The van der Waals surface area contributed by atoms with Crippen molar-refractivity contribution in [2.45, 2.75) is 50.1 Å². The first-order chi connectivity index (χ1) is 9.63. The number of thioether (sulfide) groups is 1. The first kappa shape index (κ1) is 13.8. The summed E-state index contributed by atoms with van der Waals surface area (Å²) in [5, 5.41) is 12.4. The van der Waals surface area contributed by atoms with Crippen LogP contribution in [0.25, 0.3) is 0 Å². The molecule has 3 rings (SSSR count). The molecule has 1 saturated carbocycles. The maximum absolute atomic E-state index is 12.3. The third-order valence-corrected chi connectivity index (χ3v) is 4.37. The van der Waals surface area contributed by atoms with Gasteiger partial charge >= 0.3 is 0 Å². The second kappa shape index (κ2) is 5.69. The number of carbonyl (C=O) groups is 1. The molecule has 0 N–H and O–H groups in total. The number of carbonyl (C=O) groups excluding carboxylic acids is 1. The molecule has 1 aliphatic carbocycles. The van der Waals surface area contributed by atoms with Crippen molar-refractivity contribution in [2.75, 3.05) is 18.8 Å². The van der Waals surface area contributed by atoms with Crippen LogP contribution in [0.2, 0.25) is 0 Å². The molecule has 0 unspecified atom stereocenters. The highest BCUT2D eigenvalue weighted by molar-refractivity contribution is 7.99. The first-order valence-corrected chi connectivity index (χ1v) is 7.96. The van der Waals surface area contributed by atoms with Crippen LogP contribution in [0.15, 0.2) is 5.16 Å². The molecule has 7 nitrogen and oxygen atoms in total. The molecule has 2 atom stereocenters. The van der Waals surface area contributed by atoms with E-state index >= 15 is 0 Å². The number of aromatic nitrogens is 4. The van der Waals surface area contributed by atoms with Crippen molar-refractivity contribution in [3.05, 3.63) is 0 Å². The van der Waals surface area contributed by atoms with Gasteiger partial charge in [0.05, 0.1) is 24.0 Å². The van der Waals surface area contributed by atoms with E-state index in [1.165, 1.54) is 11.8 Å². The van der Waals surface area contributed by atoms with Gasteiger partial charge in [0.1, 0.15) is 0 Å². The van der Waals surface area contributed by atoms with Crippen LogP contribution in [0, 0.1) is 0 Å². The van der Waals surface area contributed by atoms with Gasteiger partial charge in [0.15, 0.2) is 0 Å². The van der Waals surface area contributed by atoms with Crippen LogP contribution in [0.5, 0.6) is 0 Å². The summed E-state index contributed by atoms with van der Waals surface area (Å²) in [6.07, 6.45) is 2.46. The zero-order valence-corrected chi connectivity index (χ0v) is 12.5. The van der Waals surface area contributed by atoms with Crippen LogP contribution in [0.3, 0.4) is 0 Å². The molecule has 110 valence electrons. The summed E-state index contributed by atoms with van der Waals surface area (Å²) < 4.78 is 7.47. The number of ether oxygens (including phenoxy) is 1. The maximum Gasteiger partial charge on any atom is 0.233 e. The van der Waals surface area contributed by atoms with Gasteiger partial charge in [0.2, 0.25) is 11.1 Å². The van der Waals surface area contributed by atoms with E-state index in [-0.39, 0.29) is 18.1 Å². The molecular weight excluding hydrogens is 278 g/mol. The summed E-state index contributed by atoms with van der Waals surface area (Å²) in [6, 6.07) is 0.436. The van der Waals surface area contributed by atoms with Crippen LogP contribution < -0.4 is 0 Å². The molecule has 0 aromatic carbocycles. The number of nitrogens with zero attached hydrogens (tertiary/aromatic N) is 5. The predicted octanol–water partition coefficient (Wildman–Crippen LogP) is 0.736. The third kappa shape index (κ3) is 3.12. The van der Waals surface area contributed by atoms with E-state index in [4.69, 9.17) is 4.74 Å². The zero-order valence-electron chi connectivity index (χ0n) is 11.7. The molecule has 2 aliphatic rings. The Hall–Kier alpha value is -1.15. The molecule has 8 heteroatoms. The van der Waals surface area contributed by atoms with Crippen LogP contribution in [-0.2, 0) is 9.53 Å². The fourth-order valence-corrected chi connectivity index (χ4v) is 3.28. The van der Waals surface area contributed by atoms with Gasteiger partial charge in [0.25, 0.3) is 0 Å². The summed E-state index contributed by atoms with van der Waals surface area (Å²) in [5.41, 5.74) is 0. The Morgan fingerprint density at radius 2 is 2.05 bits per heavy atom. The molecule has 1 aromatic heterocycles. The fraction of sp³-hybridized carbons (Fsp3) is 0.833. The SMILES string of the molecule is C[C@@H]1CN(C(=O)CSc2nnnn2C2CC2)C[C@H](C)O1. The minimum atomic E-state index is 0.101. The van der Waals surface area contributed by atoms with Crippen molar-refractivity contribution in [2.24, 2.45) is 0 Å². The molecule has 1 amide bonds. The standard InChI is InChI=1S/C12H19N5O2S/c1-8-5-16(6-9(2)19-8)11(18)7-20-12-13-14-15-17(12)10-3-4-10/h8-10H,3-7H2,1-2H3/t8-,9+. The number of rotatable bonds is 4. The largest absolute Gasteiger partial charge is 0.372 e. The fourth-order valence-electron chi connectivity index (χ4n) is 2.43. The van der Waals surface area contributed by atoms with Crippen LogP contribution in [-0.4, -0.2) is 62.1 Å². The number of tetrazole rings is 1. The first-order valence-electron chi connectivity index (χ1n) is 6.97. The second-order valence-corrected chi connectivity index (χ2v) is 6.42. The molecule has 2 heterocycles. The second-order valence-electron chi connectivity index (χ2n) is 5.48. The monoisotopic (exact) mass is 297 g/mol. The number of hydrogen-bond acceptors (Lipinski definition) is 6. The van der Waals surface area contributed by atoms with Gasteiger partial charge in [-0.25, -0.2) is 4.68 Å². The molecule has 1 aliphatic heterocycles. The van der Waals surface area contributed by atoms with Crippen molar-refractivity contribution in [1.82, 2.24) is 25.1 Å². The van der Waals surface area contributed by atoms with Crippen LogP contribution in [0.1, 0.15) is 32.7 Å². The van der Waals surface area contributed by atoms with Crippen LogP contribution in [0.4, 0.5) is 0 Å². The summed E-state index contributed by atoms with van der Waals surface area (Å²) in [5.74, 6) is 0.509. The van der Waals surface area contributed by atoms with Gasteiger partial charge in [-0.3, -0.25) is 4.79 Å². The van der Waals surface area contributed by atoms with E-state index in [0.29, 0.717) is 24.9 Å². The molecule has 0 spiro atoms. The average molecular weight is 297 g/mol. The summed E-state index contributed by atoms with van der Waals surface area (Å²) in [6.45, 7) is 5.32. The Kier molecular flexibility index (Phi) is 3.93. The summed E-state index contributed by atoms with van der Waals surface area (Å²) in [7, 11) is 0. The van der Waals surface area contributed by atoms with E-state index in [0.717, 1.165) is 18.0 Å². The quantitative estimate of drug-likeness (QED) is 0.763. The topological polar surface area (TPSA) is 73.1 Å². The van der Waals surface area contributed by atoms with E-state index in [9.17, 15) is 4.79 Å². The minimum absolute atomic E-state index is 0.101. The highest BCUT2D eigenvalue weighted by atomic mass is 32.2. The number of amides is 1. The zero-order chi connectivity index (χ0) is 14.1. The average Bonchev–Trinajstić information content (AvgIpc) is 3.14. The Morgan fingerprint density at radius 3 is 2.70 bits per heavy atom. The van der Waals surface area contributed by atoms with Gasteiger partial charge in [-0.15, -0.1) is 5.10 Å². The van der Waals surface area contributed by atoms with Crippen molar-refractivity contribution in [3.8, 4) is 0 Å². The maximum atomic E-state index is 12.3. The Balaban J connectivity index is 1.55. The number of morpholine rings is 1. The smallest absolute Gasteiger partial charge is 0.233 e. The molecular formula is C12H19N5O2S. The minimum Gasteiger partial charge on any atom is -0.372 e. The third-order valence-electron chi connectivity index (χ3n) is 3.45. The molecule has 20 heavy (non-hydrogen) atoms. The summed E-state index contributed by atoms with van der Waals surface area (Å²) in [4.78, 5) is 14.1. The normalized spacial score (nSPS) is 26.8. The van der Waals surface area contributed by atoms with Gasteiger partial charge in [-0.1, -0.05) is 11.8 Å². The highest BCUT2D eigenvalue weighted by Gasteiger charge is 2.29. The lowest BCUT2D eigenvalue weighted by atomic mass is 10.2.